The molecule has 1 amide bonds. The van der Waals surface area contributed by atoms with Gasteiger partial charge in [0.2, 0.25) is 0 Å². The Morgan fingerprint density at radius 3 is 2.68 bits per heavy atom. The summed E-state index contributed by atoms with van der Waals surface area (Å²) < 4.78 is 38.3. The number of imidazole rings is 1. The van der Waals surface area contributed by atoms with Crippen molar-refractivity contribution >= 4 is 11.6 Å². The molecule has 2 fully saturated rings. The standard InChI is InChI=1S/C22H22F2N4O3/c1-30-17-6-13(7-18(31-22(23)24)20(17)21(29)27-15-2-3-15)16-11-26-19-8-12(4-5-28(16)19)14-9-25-10-14/h4-8,11,14-15,22,25H,2-3,9-10H2,1H3,(H,27,29). The first kappa shape index (κ1) is 19.7. The predicted molar refractivity (Wildman–Crippen MR) is 110 cm³/mol. The molecule has 0 spiro atoms. The van der Waals surface area contributed by atoms with E-state index in [1.54, 1.807) is 12.3 Å². The van der Waals surface area contributed by atoms with Crippen LogP contribution >= 0.6 is 0 Å². The number of carbonyl (C=O) groups excluding carboxylic acids is 1. The second kappa shape index (κ2) is 7.81. The van der Waals surface area contributed by atoms with E-state index in [0.717, 1.165) is 31.6 Å². The van der Waals surface area contributed by atoms with Crippen LogP contribution in [0.4, 0.5) is 8.78 Å². The molecule has 9 heteroatoms. The second-order valence-electron chi connectivity index (χ2n) is 7.86. The molecule has 7 nitrogen and oxygen atoms in total. The first-order chi connectivity index (χ1) is 15.0. The molecule has 1 saturated carbocycles. The number of pyridine rings is 1. The Morgan fingerprint density at radius 1 is 1.26 bits per heavy atom. The third-order valence-corrected chi connectivity index (χ3v) is 5.73. The van der Waals surface area contributed by atoms with Crippen molar-refractivity contribution in [3.63, 3.8) is 0 Å². The van der Waals surface area contributed by atoms with E-state index in [9.17, 15) is 13.6 Å². The lowest BCUT2D eigenvalue weighted by molar-refractivity contribution is -0.0502. The molecule has 1 aromatic carbocycles. The Kier molecular flexibility index (Phi) is 4.97. The number of rotatable bonds is 7. The van der Waals surface area contributed by atoms with Gasteiger partial charge < -0.3 is 20.1 Å². The van der Waals surface area contributed by atoms with E-state index in [1.165, 1.54) is 18.7 Å². The van der Waals surface area contributed by atoms with Crippen molar-refractivity contribution in [2.45, 2.75) is 31.4 Å². The number of ether oxygens (including phenoxy) is 2. The average Bonchev–Trinajstić information content (AvgIpc) is 3.41. The highest BCUT2D eigenvalue weighted by atomic mass is 19.3. The van der Waals surface area contributed by atoms with Crippen molar-refractivity contribution in [2.24, 2.45) is 0 Å². The van der Waals surface area contributed by atoms with Gasteiger partial charge in [-0.3, -0.25) is 9.20 Å². The van der Waals surface area contributed by atoms with Crippen LogP contribution in [0.25, 0.3) is 16.9 Å². The first-order valence-corrected chi connectivity index (χ1v) is 10.2. The van der Waals surface area contributed by atoms with Crippen LogP contribution in [-0.4, -0.2) is 48.1 Å². The van der Waals surface area contributed by atoms with Crippen molar-refractivity contribution < 1.29 is 23.0 Å². The first-order valence-electron chi connectivity index (χ1n) is 10.2. The number of nitrogens with zero attached hydrogens (tertiary/aromatic N) is 2. The molecule has 0 unspecified atom stereocenters. The average molecular weight is 428 g/mol. The molecule has 2 N–H and O–H groups in total. The quantitative estimate of drug-likeness (QED) is 0.605. The molecule has 1 saturated heterocycles. The topological polar surface area (TPSA) is 76.9 Å². The van der Waals surface area contributed by atoms with Gasteiger partial charge in [-0.25, -0.2) is 4.98 Å². The summed E-state index contributed by atoms with van der Waals surface area (Å²) in [5.41, 5.74) is 3.16. The van der Waals surface area contributed by atoms with Gasteiger partial charge in [-0.1, -0.05) is 0 Å². The fourth-order valence-corrected chi connectivity index (χ4v) is 3.79. The van der Waals surface area contributed by atoms with Gasteiger partial charge in [0.25, 0.3) is 5.91 Å². The summed E-state index contributed by atoms with van der Waals surface area (Å²) in [5, 5.41) is 6.06. The summed E-state index contributed by atoms with van der Waals surface area (Å²) in [6.07, 6.45) is 5.33. The maximum absolute atomic E-state index is 13.1. The number of methoxy groups -OCH3 is 1. The van der Waals surface area contributed by atoms with Crippen molar-refractivity contribution in [1.29, 1.82) is 0 Å². The van der Waals surface area contributed by atoms with Gasteiger partial charge in [-0.15, -0.1) is 0 Å². The highest BCUT2D eigenvalue weighted by Crippen LogP contribution is 2.37. The largest absolute Gasteiger partial charge is 0.496 e. The van der Waals surface area contributed by atoms with Gasteiger partial charge >= 0.3 is 6.61 Å². The number of alkyl halides is 2. The van der Waals surface area contributed by atoms with Crippen molar-refractivity contribution in [3.05, 3.63) is 47.8 Å². The molecule has 1 aliphatic heterocycles. The van der Waals surface area contributed by atoms with Crippen LogP contribution in [0.2, 0.25) is 0 Å². The van der Waals surface area contributed by atoms with Gasteiger partial charge in [0.05, 0.1) is 19.0 Å². The van der Waals surface area contributed by atoms with Crippen molar-refractivity contribution in [2.75, 3.05) is 20.2 Å². The Labute approximate surface area is 177 Å². The number of aromatic nitrogens is 2. The van der Waals surface area contributed by atoms with Crippen LogP contribution in [0.1, 0.15) is 34.7 Å². The van der Waals surface area contributed by atoms with E-state index in [2.05, 4.69) is 15.6 Å². The van der Waals surface area contributed by atoms with Crippen LogP contribution < -0.4 is 20.1 Å². The molecule has 1 aliphatic carbocycles. The number of fused-ring (bicyclic) bond motifs is 1. The molecule has 2 aliphatic rings. The molecular weight excluding hydrogens is 406 g/mol. The molecular formula is C22H22F2N4O3. The lowest BCUT2D eigenvalue weighted by Crippen LogP contribution is -2.39. The third-order valence-electron chi connectivity index (χ3n) is 5.73. The summed E-state index contributed by atoms with van der Waals surface area (Å²) in [6, 6.07) is 7.21. The molecule has 2 aromatic heterocycles. The number of hydrogen-bond acceptors (Lipinski definition) is 5. The van der Waals surface area contributed by atoms with E-state index in [1.807, 2.05) is 22.7 Å². The minimum atomic E-state index is -3.08. The zero-order valence-corrected chi connectivity index (χ0v) is 16.9. The maximum Gasteiger partial charge on any atom is 0.387 e. The summed E-state index contributed by atoms with van der Waals surface area (Å²) in [4.78, 5) is 17.2. The molecule has 162 valence electrons. The molecule has 0 radical (unpaired) electrons. The monoisotopic (exact) mass is 428 g/mol. The molecule has 3 aromatic rings. The highest BCUT2D eigenvalue weighted by Gasteiger charge is 2.29. The fraction of sp³-hybridized carbons (Fsp3) is 0.364. The molecule has 0 bridgehead atoms. The number of nitrogens with one attached hydrogen (secondary N) is 2. The Bertz CT molecular complexity index is 1140. The number of halogens is 2. The van der Waals surface area contributed by atoms with Crippen LogP contribution in [0.15, 0.2) is 36.7 Å². The smallest absolute Gasteiger partial charge is 0.387 e. The van der Waals surface area contributed by atoms with Crippen LogP contribution in [0.3, 0.4) is 0 Å². The number of carbonyl (C=O) groups is 1. The summed E-state index contributed by atoms with van der Waals surface area (Å²) >= 11 is 0. The van der Waals surface area contributed by atoms with Crippen molar-refractivity contribution in [1.82, 2.24) is 20.0 Å². The minimum absolute atomic E-state index is 0.0351. The third kappa shape index (κ3) is 3.81. The summed E-state index contributed by atoms with van der Waals surface area (Å²) in [6.45, 7) is -1.19. The normalized spacial score (nSPS) is 16.4. The Hall–Kier alpha value is -3.20. The second-order valence-corrected chi connectivity index (χ2v) is 7.86. The zero-order valence-electron chi connectivity index (χ0n) is 16.9. The maximum atomic E-state index is 13.1. The van der Waals surface area contributed by atoms with E-state index >= 15 is 0 Å². The Balaban J connectivity index is 1.57. The van der Waals surface area contributed by atoms with Gasteiger partial charge in [0.15, 0.2) is 0 Å². The number of amides is 1. The van der Waals surface area contributed by atoms with Gasteiger partial charge in [-0.2, -0.15) is 8.78 Å². The summed E-state index contributed by atoms with van der Waals surface area (Å²) in [7, 11) is 1.40. The Morgan fingerprint density at radius 2 is 2.03 bits per heavy atom. The van der Waals surface area contributed by atoms with Crippen LogP contribution in [-0.2, 0) is 0 Å². The minimum Gasteiger partial charge on any atom is -0.496 e. The number of hydrogen-bond donors (Lipinski definition) is 2. The number of benzene rings is 1. The molecule has 0 atom stereocenters. The molecule has 3 heterocycles. The van der Waals surface area contributed by atoms with E-state index in [4.69, 9.17) is 9.47 Å². The van der Waals surface area contributed by atoms with E-state index in [-0.39, 0.29) is 23.1 Å². The van der Waals surface area contributed by atoms with E-state index < -0.39 is 12.5 Å². The summed E-state index contributed by atoms with van der Waals surface area (Å²) in [5.74, 6) is -0.0768. The van der Waals surface area contributed by atoms with E-state index in [0.29, 0.717) is 17.2 Å². The van der Waals surface area contributed by atoms with Gasteiger partial charge in [0.1, 0.15) is 22.7 Å². The van der Waals surface area contributed by atoms with Gasteiger partial charge in [0, 0.05) is 36.8 Å². The predicted octanol–water partition coefficient (Wildman–Crippen LogP) is 3.19. The van der Waals surface area contributed by atoms with Gasteiger partial charge in [-0.05, 0) is 42.7 Å². The van der Waals surface area contributed by atoms with Crippen molar-refractivity contribution in [3.8, 4) is 22.8 Å². The molecule has 31 heavy (non-hydrogen) atoms. The SMILES string of the molecule is COc1cc(-c2cnc3cc(C4CNC4)ccn23)cc(OC(F)F)c1C(=O)NC1CC1. The molecule has 5 rings (SSSR count). The highest BCUT2D eigenvalue weighted by molar-refractivity contribution is 6.01. The van der Waals surface area contributed by atoms with Crippen LogP contribution in [0.5, 0.6) is 11.5 Å². The lowest BCUT2D eigenvalue weighted by atomic mass is 9.95. The zero-order chi connectivity index (χ0) is 21.5. The lowest BCUT2D eigenvalue weighted by Gasteiger charge is -2.27. The fourth-order valence-electron chi connectivity index (χ4n) is 3.79. The van der Waals surface area contributed by atoms with Crippen LogP contribution in [0, 0.1) is 0 Å².